The molecule has 96 valence electrons. The molecule has 0 unspecified atom stereocenters. The molecular formula is C14H11ClN2OS. The van der Waals surface area contributed by atoms with Gasteiger partial charge in [-0.2, -0.15) is 0 Å². The number of rotatable bonds is 3. The maximum absolute atomic E-state index is 12.2. The van der Waals surface area contributed by atoms with Crippen LogP contribution in [0.25, 0.3) is 11.0 Å². The first-order valence-corrected chi connectivity index (χ1v) is 7.09. The second-order valence-corrected chi connectivity index (χ2v) is 5.60. The highest BCUT2D eigenvalue weighted by molar-refractivity contribution is 7.12. The molecule has 0 spiro atoms. The highest BCUT2D eigenvalue weighted by Gasteiger charge is 2.16. The summed E-state index contributed by atoms with van der Waals surface area (Å²) in [6, 6.07) is 9.59. The van der Waals surface area contributed by atoms with Crippen LogP contribution in [-0.4, -0.2) is 15.3 Å². The summed E-state index contributed by atoms with van der Waals surface area (Å²) < 4.78 is 1.95. The molecule has 3 nitrogen and oxygen atoms in total. The van der Waals surface area contributed by atoms with Gasteiger partial charge in [0, 0.05) is 7.05 Å². The predicted octanol–water partition coefficient (Wildman–Crippen LogP) is 3.71. The van der Waals surface area contributed by atoms with Crippen molar-refractivity contribution in [1.29, 1.82) is 0 Å². The minimum absolute atomic E-state index is 0.0124. The van der Waals surface area contributed by atoms with Crippen LogP contribution < -0.4 is 0 Å². The summed E-state index contributed by atoms with van der Waals surface area (Å²) in [5.74, 6) is 0.772. The molecule has 19 heavy (non-hydrogen) atoms. The van der Waals surface area contributed by atoms with E-state index in [0.29, 0.717) is 9.90 Å². The number of fused-ring (bicyclic) bond motifs is 1. The number of para-hydroxylation sites is 2. The Morgan fingerprint density at radius 2 is 2.16 bits per heavy atom. The first-order valence-electron chi connectivity index (χ1n) is 5.83. The third kappa shape index (κ3) is 2.17. The van der Waals surface area contributed by atoms with Gasteiger partial charge in [0.2, 0.25) is 0 Å². The maximum atomic E-state index is 12.2. The molecule has 2 heterocycles. The van der Waals surface area contributed by atoms with Crippen molar-refractivity contribution in [3.8, 4) is 0 Å². The van der Waals surface area contributed by atoms with E-state index in [9.17, 15) is 4.79 Å². The van der Waals surface area contributed by atoms with Crippen LogP contribution in [0.5, 0.6) is 0 Å². The summed E-state index contributed by atoms with van der Waals surface area (Å²) in [7, 11) is 1.92. The van der Waals surface area contributed by atoms with Crippen LogP contribution in [0, 0.1) is 0 Å². The van der Waals surface area contributed by atoms with E-state index in [1.54, 1.807) is 6.07 Å². The number of ketones is 1. The molecule has 5 heteroatoms. The van der Waals surface area contributed by atoms with Crippen molar-refractivity contribution in [1.82, 2.24) is 9.55 Å². The summed E-state index contributed by atoms with van der Waals surface area (Å²) >= 11 is 7.35. The molecule has 0 aliphatic rings. The van der Waals surface area contributed by atoms with Crippen molar-refractivity contribution in [2.45, 2.75) is 6.42 Å². The van der Waals surface area contributed by atoms with Gasteiger partial charge in [0.1, 0.15) is 5.82 Å². The molecule has 0 bridgehead atoms. The normalized spacial score (nSPS) is 11.1. The SMILES string of the molecule is Cn1c(CC(=O)c2sccc2Cl)nc2ccccc21. The monoisotopic (exact) mass is 290 g/mol. The van der Waals surface area contributed by atoms with Gasteiger partial charge in [0.05, 0.1) is 27.4 Å². The maximum Gasteiger partial charge on any atom is 0.181 e. The highest BCUT2D eigenvalue weighted by atomic mass is 35.5. The molecule has 0 fully saturated rings. The lowest BCUT2D eigenvalue weighted by Crippen LogP contribution is -2.07. The van der Waals surface area contributed by atoms with E-state index in [4.69, 9.17) is 11.6 Å². The van der Waals surface area contributed by atoms with Crippen molar-refractivity contribution in [2.75, 3.05) is 0 Å². The van der Waals surface area contributed by atoms with Crippen molar-refractivity contribution in [2.24, 2.45) is 7.05 Å². The Bertz CT molecular complexity index is 760. The zero-order chi connectivity index (χ0) is 13.4. The largest absolute Gasteiger partial charge is 0.331 e. The molecule has 0 aliphatic carbocycles. The first-order chi connectivity index (χ1) is 9.16. The van der Waals surface area contributed by atoms with Gasteiger partial charge in [-0.15, -0.1) is 11.3 Å². The number of benzene rings is 1. The number of hydrogen-bond acceptors (Lipinski definition) is 3. The second kappa shape index (κ2) is 4.79. The van der Waals surface area contributed by atoms with Crippen molar-refractivity contribution < 1.29 is 4.79 Å². The van der Waals surface area contributed by atoms with E-state index in [2.05, 4.69) is 4.98 Å². The Morgan fingerprint density at radius 3 is 2.84 bits per heavy atom. The lowest BCUT2D eigenvalue weighted by Gasteiger charge is -2.01. The van der Waals surface area contributed by atoms with E-state index >= 15 is 0 Å². The van der Waals surface area contributed by atoms with Crippen LogP contribution in [0.2, 0.25) is 5.02 Å². The van der Waals surface area contributed by atoms with Crippen LogP contribution in [0.15, 0.2) is 35.7 Å². The molecule has 3 aromatic rings. The van der Waals surface area contributed by atoms with Gasteiger partial charge in [-0.25, -0.2) is 4.98 Å². The Morgan fingerprint density at radius 1 is 1.37 bits per heavy atom. The van der Waals surface area contributed by atoms with E-state index in [1.165, 1.54) is 11.3 Å². The van der Waals surface area contributed by atoms with Crippen LogP contribution in [0.1, 0.15) is 15.5 Å². The molecule has 0 aliphatic heterocycles. The highest BCUT2D eigenvalue weighted by Crippen LogP contribution is 2.24. The number of carbonyl (C=O) groups is 1. The number of nitrogens with zero attached hydrogens (tertiary/aromatic N) is 2. The second-order valence-electron chi connectivity index (χ2n) is 4.27. The molecule has 0 radical (unpaired) electrons. The zero-order valence-electron chi connectivity index (χ0n) is 10.3. The lowest BCUT2D eigenvalue weighted by atomic mass is 10.2. The summed E-state index contributed by atoms with van der Waals surface area (Å²) in [5, 5.41) is 2.35. The van der Waals surface area contributed by atoms with E-state index in [0.717, 1.165) is 16.9 Å². The molecule has 2 aromatic heterocycles. The van der Waals surface area contributed by atoms with E-state index in [1.807, 2.05) is 41.3 Å². The van der Waals surface area contributed by atoms with Crippen LogP contribution >= 0.6 is 22.9 Å². The standard InChI is InChI=1S/C14H11ClN2OS/c1-17-11-5-3-2-4-10(11)16-13(17)8-12(18)14-9(15)6-7-19-14/h2-7H,8H2,1H3. The molecule has 0 saturated heterocycles. The summed E-state index contributed by atoms with van der Waals surface area (Å²) in [6.45, 7) is 0. The van der Waals surface area contributed by atoms with Crippen LogP contribution in [0.3, 0.4) is 0 Å². The number of aromatic nitrogens is 2. The fourth-order valence-electron chi connectivity index (χ4n) is 2.07. The predicted molar refractivity (Wildman–Crippen MR) is 78.1 cm³/mol. The minimum atomic E-state index is 0.0124. The Labute approximate surface area is 119 Å². The van der Waals surface area contributed by atoms with Crippen LogP contribution in [-0.2, 0) is 13.5 Å². The topological polar surface area (TPSA) is 34.9 Å². The quantitative estimate of drug-likeness (QED) is 0.689. The van der Waals surface area contributed by atoms with Crippen LogP contribution in [0.4, 0.5) is 0 Å². The molecular weight excluding hydrogens is 280 g/mol. The average Bonchev–Trinajstić information content (AvgIpc) is 2.95. The number of imidazole rings is 1. The van der Waals surface area contributed by atoms with Gasteiger partial charge in [-0.1, -0.05) is 23.7 Å². The van der Waals surface area contributed by atoms with Gasteiger partial charge in [-0.05, 0) is 23.6 Å². The zero-order valence-corrected chi connectivity index (χ0v) is 11.8. The summed E-state index contributed by atoms with van der Waals surface area (Å²) in [6.07, 6.45) is 0.269. The third-order valence-corrected chi connectivity index (χ3v) is 4.45. The molecule has 0 saturated carbocycles. The van der Waals surface area contributed by atoms with Gasteiger partial charge in [0.25, 0.3) is 0 Å². The Hall–Kier alpha value is -1.65. The van der Waals surface area contributed by atoms with E-state index in [-0.39, 0.29) is 12.2 Å². The lowest BCUT2D eigenvalue weighted by molar-refractivity contribution is 0.0994. The number of halogens is 1. The Balaban J connectivity index is 1.96. The third-order valence-electron chi connectivity index (χ3n) is 3.07. The van der Waals surface area contributed by atoms with Crippen molar-refractivity contribution in [3.63, 3.8) is 0 Å². The van der Waals surface area contributed by atoms with Gasteiger partial charge in [0.15, 0.2) is 5.78 Å². The number of aryl methyl sites for hydroxylation is 1. The van der Waals surface area contributed by atoms with Gasteiger partial charge >= 0.3 is 0 Å². The fourth-order valence-corrected chi connectivity index (χ4v) is 3.17. The Kier molecular flexibility index (Phi) is 3.12. The summed E-state index contributed by atoms with van der Waals surface area (Å²) in [4.78, 5) is 17.3. The number of thiophene rings is 1. The average molecular weight is 291 g/mol. The number of carbonyl (C=O) groups excluding carboxylic acids is 1. The van der Waals surface area contributed by atoms with Gasteiger partial charge in [-0.3, -0.25) is 4.79 Å². The molecule has 1 aromatic carbocycles. The molecule has 0 atom stereocenters. The smallest absolute Gasteiger partial charge is 0.181 e. The molecule has 3 rings (SSSR count). The minimum Gasteiger partial charge on any atom is -0.331 e. The van der Waals surface area contributed by atoms with Crippen molar-refractivity contribution in [3.05, 3.63) is 51.4 Å². The van der Waals surface area contributed by atoms with E-state index < -0.39 is 0 Å². The van der Waals surface area contributed by atoms with Gasteiger partial charge < -0.3 is 4.57 Å². The fraction of sp³-hybridized carbons (Fsp3) is 0.143. The summed E-state index contributed by atoms with van der Waals surface area (Å²) in [5.41, 5.74) is 1.94. The number of hydrogen-bond donors (Lipinski definition) is 0. The first kappa shape index (κ1) is 12.4. The molecule has 0 amide bonds. The molecule has 0 N–H and O–H groups in total. The number of Topliss-reactive ketones (excluding diaryl/α,β-unsaturated/α-hetero) is 1. The van der Waals surface area contributed by atoms with Crippen molar-refractivity contribution >= 4 is 39.8 Å².